The molecule has 0 unspecified atom stereocenters. The fourth-order valence-electron chi connectivity index (χ4n) is 2.27. The highest BCUT2D eigenvalue weighted by atomic mass is 19.4. The number of methoxy groups -OCH3 is 2. The van der Waals surface area contributed by atoms with Gasteiger partial charge in [0, 0.05) is 0 Å². The average Bonchev–Trinajstić information content (AvgIpc) is 2.66. The van der Waals surface area contributed by atoms with Gasteiger partial charge in [-0.1, -0.05) is 12.1 Å². The Hall–Kier alpha value is -3.56. The van der Waals surface area contributed by atoms with E-state index in [1.165, 1.54) is 30.3 Å². The van der Waals surface area contributed by atoms with E-state index in [0.717, 1.165) is 26.4 Å². The van der Waals surface area contributed by atoms with Gasteiger partial charge in [0.2, 0.25) is 0 Å². The zero-order chi connectivity index (χ0) is 21.6. The minimum absolute atomic E-state index is 0.0353. The van der Waals surface area contributed by atoms with Crippen LogP contribution < -0.4 is 9.47 Å². The summed E-state index contributed by atoms with van der Waals surface area (Å²) in [6, 6.07) is 8.29. The topological polar surface area (TPSA) is 88.1 Å². The van der Waals surface area contributed by atoms with Gasteiger partial charge >= 0.3 is 24.3 Å². The van der Waals surface area contributed by atoms with E-state index in [1.807, 2.05) is 0 Å². The Labute approximate surface area is 162 Å². The van der Waals surface area contributed by atoms with Gasteiger partial charge in [0.05, 0.1) is 31.8 Å². The van der Waals surface area contributed by atoms with Gasteiger partial charge in [0.15, 0.2) is 0 Å². The van der Waals surface area contributed by atoms with E-state index in [4.69, 9.17) is 4.74 Å². The van der Waals surface area contributed by atoms with Crippen molar-refractivity contribution in [1.82, 2.24) is 0 Å². The molecule has 29 heavy (non-hydrogen) atoms. The predicted molar refractivity (Wildman–Crippen MR) is 91.6 cm³/mol. The second-order valence-corrected chi connectivity index (χ2v) is 5.57. The molecule has 2 rings (SSSR count). The lowest BCUT2D eigenvalue weighted by Crippen LogP contribution is -2.17. The molecule has 0 saturated carbocycles. The lowest BCUT2D eigenvalue weighted by Gasteiger charge is -2.10. The number of hydrogen-bond donors (Lipinski definition) is 0. The standard InChI is InChI=1S/C19H15F3O7/c1-26-17(24)12-8-13(18(25)27-2)10-15(9-12)28-16(23)7-11-3-5-14(6-4-11)29-19(20,21)22/h3-6,8-10H,7H2,1-2H3. The zero-order valence-corrected chi connectivity index (χ0v) is 15.2. The SMILES string of the molecule is COC(=O)c1cc(OC(=O)Cc2ccc(OC(F)(F)F)cc2)cc(C(=O)OC)c1. The van der Waals surface area contributed by atoms with Crippen LogP contribution in [0.5, 0.6) is 11.5 Å². The lowest BCUT2D eigenvalue weighted by atomic mass is 10.1. The number of halogens is 3. The van der Waals surface area contributed by atoms with Crippen molar-refractivity contribution in [2.75, 3.05) is 14.2 Å². The molecule has 7 nitrogen and oxygen atoms in total. The number of hydrogen-bond acceptors (Lipinski definition) is 7. The van der Waals surface area contributed by atoms with Crippen LogP contribution in [0.2, 0.25) is 0 Å². The summed E-state index contributed by atoms with van der Waals surface area (Å²) in [7, 11) is 2.29. The van der Waals surface area contributed by atoms with Gasteiger partial charge in [0.25, 0.3) is 0 Å². The molecule has 2 aromatic rings. The van der Waals surface area contributed by atoms with Crippen LogP contribution in [0.4, 0.5) is 13.2 Å². The summed E-state index contributed by atoms with van der Waals surface area (Å²) in [5.41, 5.74) is 0.292. The van der Waals surface area contributed by atoms with Crippen molar-refractivity contribution in [1.29, 1.82) is 0 Å². The maximum atomic E-state index is 12.2. The van der Waals surface area contributed by atoms with Gasteiger partial charge in [0.1, 0.15) is 11.5 Å². The van der Waals surface area contributed by atoms with Crippen molar-refractivity contribution >= 4 is 17.9 Å². The molecule has 0 aliphatic rings. The van der Waals surface area contributed by atoms with E-state index in [-0.39, 0.29) is 23.3 Å². The average molecular weight is 412 g/mol. The predicted octanol–water partition coefficient (Wildman–Crippen LogP) is 3.31. The zero-order valence-electron chi connectivity index (χ0n) is 15.2. The Morgan fingerprint density at radius 3 is 1.79 bits per heavy atom. The number of carbonyl (C=O) groups is 3. The van der Waals surface area contributed by atoms with Crippen LogP contribution in [0.25, 0.3) is 0 Å². The van der Waals surface area contributed by atoms with E-state index < -0.39 is 30.0 Å². The Kier molecular flexibility index (Phi) is 6.81. The maximum absolute atomic E-state index is 12.2. The molecule has 0 aliphatic carbocycles. The van der Waals surface area contributed by atoms with E-state index in [9.17, 15) is 27.6 Å². The molecule has 0 aromatic heterocycles. The third-order valence-corrected chi connectivity index (χ3v) is 3.49. The molecular formula is C19H15F3O7. The van der Waals surface area contributed by atoms with E-state index in [1.54, 1.807) is 0 Å². The number of alkyl halides is 3. The van der Waals surface area contributed by atoms with Crippen LogP contribution in [-0.4, -0.2) is 38.5 Å². The first kappa shape index (κ1) is 21.7. The molecule has 0 heterocycles. The van der Waals surface area contributed by atoms with Crippen LogP contribution >= 0.6 is 0 Å². The summed E-state index contributed by atoms with van der Waals surface area (Å²) in [5.74, 6) is -2.81. The quantitative estimate of drug-likeness (QED) is 0.531. The fraction of sp³-hybridized carbons (Fsp3) is 0.211. The molecule has 0 saturated heterocycles. The smallest absolute Gasteiger partial charge is 0.465 e. The third-order valence-electron chi connectivity index (χ3n) is 3.49. The minimum atomic E-state index is -4.82. The van der Waals surface area contributed by atoms with Gasteiger partial charge in [-0.3, -0.25) is 4.79 Å². The van der Waals surface area contributed by atoms with Crippen LogP contribution in [0.15, 0.2) is 42.5 Å². The van der Waals surface area contributed by atoms with Gasteiger partial charge in [-0.25, -0.2) is 9.59 Å². The molecule has 0 bridgehead atoms. The second-order valence-electron chi connectivity index (χ2n) is 5.57. The van der Waals surface area contributed by atoms with Gasteiger partial charge < -0.3 is 18.9 Å². The third kappa shape index (κ3) is 6.52. The van der Waals surface area contributed by atoms with Crippen molar-refractivity contribution < 1.29 is 46.5 Å². The highest BCUT2D eigenvalue weighted by molar-refractivity contribution is 5.96. The summed E-state index contributed by atoms with van der Waals surface area (Å²) in [4.78, 5) is 35.6. The Morgan fingerprint density at radius 2 is 1.34 bits per heavy atom. The highest BCUT2D eigenvalue weighted by Gasteiger charge is 2.31. The molecule has 10 heteroatoms. The van der Waals surface area contributed by atoms with Crippen LogP contribution in [0.3, 0.4) is 0 Å². The molecule has 0 spiro atoms. The number of esters is 3. The Bertz CT molecular complexity index is 871. The maximum Gasteiger partial charge on any atom is 0.573 e. The first-order valence-corrected chi connectivity index (χ1v) is 7.98. The summed E-state index contributed by atoms with van der Waals surface area (Å²) < 4.78 is 54.5. The molecule has 2 aromatic carbocycles. The number of carbonyl (C=O) groups excluding carboxylic acids is 3. The van der Waals surface area contributed by atoms with Crippen LogP contribution in [0, 0.1) is 0 Å². The molecular weight excluding hydrogens is 397 g/mol. The number of rotatable bonds is 6. The van der Waals surface area contributed by atoms with Crippen molar-refractivity contribution in [3.63, 3.8) is 0 Å². The molecule has 0 N–H and O–H groups in total. The molecule has 154 valence electrons. The van der Waals surface area contributed by atoms with Crippen molar-refractivity contribution in [2.45, 2.75) is 12.8 Å². The lowest BCUT2D eigenvalue weighted by molar-refractivity contribution is -0.274. The normalized spacial score (nSPS) is 10.8. The minimum Gasteiger partial charge on any atom is -0.465 e. The number of ether oxygens (including phenoxy) is 4. The molecule has 0 amide bonds. The van der Waals surface area contributed by atoms with E-state index in [0.29, 0.717) is 5.56 Å². The summed E-state index contributed by atoms with van der Waals surface area (Å²) in [5, 5.41) is 0. The van der Waals surface area contributed by atoms with Crippen LogP contribution in [0.1, 0.15) is 26.3 Å². The summed E-state index contributed by atoms with van der Waals surface area (Å²) in [6.45, 7) is 0. The summed E-state index contributed by atoms with van der Waals surface area (Å²) in [6.07, 6.45) is -5.09. The molecule has 0 fully saturated rings. The highest BCUT2D eigenvalue weighted by Crippen LogP contribution is 2.23. The van der Waals surface area contributed by atoms with Crippen molar-refractivity contribution in [3.8, 4) is 11.5 Å². The Balaban J connectivity index is 2.13. The van der Waals surface area contributed by atoms with Gasteiger partial charge in [-0.2, -0.15) is 0 Å². The fourth-order valence-corrected chi connectivity index (χ4v) is 2.27. The van der Waals surface area contributed by atoms with E-state index in [2.05, 4.69) is 14.2 Å². The van der Waals surface area contributed by atoms with Gasteiger partial charge in [-0.15, -0.1) is 13.2 Å². The summed E-state index contributed by atoms with van der Waals surface area (Å²) >= 11 is 0. The van der Waals surface area contributed by atoms with Crippen molar-refractivity contribution in [3.05, 3.63) is 59.2 Å². The molecule has 0 radical (unpaired) electrons. The van der Waals surface area contributed by atoms with E-state index >= 15 is 0 Å². The number of benzene rings is 2. The molecule has 0 aliphatic heterocycles. The first-order valence-electron chi connectivity index (χ1n) is 7.98. The largest absolute Gasteiger partial charge is 0.573 e. The van der Waals surface area contributed by atoms with Gasteiger partial charge in [-0.05, 0) is 35.9 Å². The van der Waals surface area contributed by atoms with Crippen LogP contribution in [-0.2, 0) is 20.7 Å². The van der Waals surface area contributed by atoms with Crippen molar-refractivity contribution in [2.24, 2.45) is 0 Å². The monoisotopic (exact) mass is 412 g/mol. The first-order chi connectivity index (χ1) is 13.6. The second kappa shape index (κ2) is 9.09. The Morgan fingerprint density at radius 1 is 0.828 bits per heavy atom. The molecule has 0 atom stereocenters.